The number of nitro benzene ring substituents is 1. The predicted molar refractivity (Wildman–Crippen MR) is 52.6 cm³/mol. The van der Waals surface area contributed by atoms with Crippen LogP contribution in [0.25, 0.3) is 0 Å². The fourth-order valence-electron chi connectivity index (χ4n) is 1.17. The molecule has 1 aromatic rings. The summed E-state index contributed by atoms with van der Waals surface area (Å²) in [7, 11) is 0. The quantitative estimate of drug-likeness (QED) is 0.654. The van der Waals surface area contributed by atoms with Gasteiger partial charge >= 0.3 is 6.18 Å². The second-order valence-corrected chi connectivity index (χ2v) is 3.07. The van der Waals surface area contributed by atoms with Crippen molar-refractivity contribution >= 4 is 5.69 Å². The molecule has 1 rings (SSSR count). The molecular weight excluding hydrogens is 241 g/mol. The minimum absolute atomic E-state index is 0.0368. The Morgan fingerprint density at radius 1 is 1.41 bits per heavy atom. The number of hydrogen-bond donors (Lipinski definition) is 1. The van der Waals surface area contributed by atoms with Crippen LogP contribution in [0.5, 0.6) is 5.75 Å². The van der Waals surface area contributed by atoms with E-state index in [0.29, 0.717) is 6.07 Å². The Hall–Kier alpha value is -1.83. The van der Waals surface area contributed by atoms with Crippen LogP contribution in [-0.2, 0) is 6.18 Å². The lowest BCUT2D eigenvalue weighted by Crippen LogP contribution is -2.12. The van der Waals surface area contributed by atoms with Crippen molar-refractivity contribution in [3.63, 3.8) is 0 Å². The molecule has 0 bridgehead atoms. The highest BCUT2D eigenvalue weighted by Gasteiger charge is 2.38. The maximum atomic E-state index is 12.5. The van der Waals surface area contributed by atoms with Crippen LogP contribution < -0.4 is 10.5 Å². The molecule has 0 aliphatic carbocycles. The Kier molecular flexibility index (Phi) is 3.89. The first kappa shape index (κ1) is 13.2. The number of nitro groups is 1. The van der Waals surface area contributed by atoms with Crippen LogP contribution in [0.2, 0.25) is 0 Å². The van der Waals surface area contributed by atoms with Crippen LogP contribution in [0.4, 0.5) is 18.9 Å². The highest BCUT2D eigenvalue weighted by atomic mass is 19.4. The maximum Gasteiger partial charge on any atom is 0.423 e. The molecule has 0 unspecified atom stereocenters. The third kappa shape index (κ3) is 3.31. The largest absolute Gasteiger partial charge is 0.492 e. The summed E-state index contributed by atoms with van der Waals surface area (Å²) in [5.41, 5.74) is 2.78. The SMILES string of the molecule is NCCOc1ccc([N+](=O)[O-])c(C(F)(F)F)c1. The molecule has 0 saturated heterocycles. The van der Waals surface area contributed by atoms with E-state index in [1.807, 2.05) is 0 Å². The number of benzene rings is 1. The van der Waals surface area contributed by atoms with Crippen LogP contribution in [0.1, 0.15) is 5.56 Å². The van der Waals surface area contributed by atoms with Crippen LogP contribution in [-0.4, -0.2) is 18.1 Å². The van der Waals surface area contributed by atoms with Gasteiger partial charge in [0.1, 0.15) is 17.9 Å². The summed E-state index contributed by atoms with van der Waals surface area (Å²) in [5, 5.41) is 10.4. The van der Waals surface area contributed by atoms with Gasteiger partial charge < -0.3 is 10.5 Å². The lowest BCUT2D eigenvalue weighted by Gasteiger charge is -2.10. The lowest BCUT2D eigenvalue weighted by molar-refractivity contribution is -0.388. The fourth-order valence-corrected chi connectivity index (χ4v) is 1.17. The summed E-state index contributed by atoms with van der Waals surface area (Å²) in [5.74, 6) is -0.103. The van der Waals surface area contributed by atoms with E-state index in [2.05, 4.69) is 0 Å². The van der Waals surface area contributed by atoms with Gasteiger partial charge in [0.25, 0.3) is 5.69 Å². The Labute approximate surface area is 94.1 Å². The first-order chi connectivity index (χ1) is 7.86. The standard InChI is InChI=1S/C9H9F3N2O3/c10-9(11,12)7-5-6(17-4-3-13)1-2-8(7)14(15)16/h1-2,5H,3-4,13H2. The third-order valence-electron chi connectivity index (χ3n) is 1.86. The highest BCUT2D eigenvalue weighted by molar-refractivity contribution is 5.46. The molecule has 8 heteroatoms. The molecule has 0 aliphatic rings. The molecule has 0 fully saturated rings. The van der Waals surface area contributed by atoms with Crippen LogP contribution >= 0.6 is 0 Å². The average Bonchev–Trinajstić information content (AvgIpc) is 2.24. The average molecular weight is 250 g/mol. The van der Waals surface area contributed by atoms with Crippen LogP contribution in [0, 0.1) is 10.1 Å². The molecule has 0 spiro atoms. The zero-order valence-electron chi connectivity index (χ0n) is 8.53. The van der Waals surface area contributed by atoms with Crippen molar-refractivity contribution in [1.82, 2.24) is 0 Å². The van der Waals surface area contributed by atoms with Crippen molar-refractivity contribution < 1.29 is 22.8 Å². The summed E-state index contributed by atoms with van der Waals surface area (Å²) >= 11 is 0. The summed E-state index contributed by atoms with van der Waals surface area (Å²) in [4.78, 5) is 9.35. The third-order valence-corrected chi connectivity index (χ3v) is 1.86. The summed E-state index contributed by atoms with van der Waals surface area (Å²) < 4.78 is 42.5. The zero-order chi connectivity index (χ0) is 13.1. The number of halogens is 3. The number of nitrogens with two attached hydrogens (primary N) is 1. The van der Waals surface area contributed by atoms with Gasteiger partial charge in [-0.05, 0) is 12.1 Å². The van der Waals surface area contributed by atoms with Crippen molar-refractivity contribution in [3.8, 4) is 5.75 Å². The first-order valence-electron chi connectivity index (χ1n) is 4.54. The van der Waals surface area contributed by atoms with Crippen molar-refractivity contribution in [2.45, 2.75) is 6.18 Å². The smallest absolute Gasteiger partial charge is 0.423 e. The highest BCUT2D eigenvalue weighted by Crippen LogP contribution is 2.37. The van der Waals surface area contributed by atoms with E-state index in [-0.39, 0.29) is 18.9 Å². The van der Waals surface area contributed by atoms with Gasteiger partial charge in [0.05, 0.1) is 4.92 Å². The predicted octanol–water partition coefficient (Wildman–Crippen LogP) is 1.95. The molecule has 0 aliphatic heterocycles. The van der Waals surface area contributed by atoms with E-state index in [9.17, 15) is 23.3 Å². The van der Waals surface area contributed by atoms with Crippen molar-refractivity contribution in [3.05, 3.63) is 33.9 Å². The molecule has 0 heterocycles. The Morgan fingerprint density at radius 2 is 2.06 bits per heavy atom. The van der Waals surface area contributed by atoms with Gasteiger partial charge in [-0.15, -0.1) is 0 Å². The summed E-state index contributed by atoms with van der Waals surface area (Å²) in [6.45, 7) is 0.174. The Bertz CT molecular complexity index is 420. The van der Waals surface area contributed by atoms with Gasteiger partial charge in [0.15, 0.2) is 0 Å². The van der Waals surface area contributed by atoms with Crippen LogP contribution in [0.15, 0.2) is 18.2 Å². The van der Waals surface area contributed by atoms with Crippen LogP contribution in [0.3, 0.4) is 0 Å². The molecule has 17 heavy (non-hydrogen) atoms. The number of alkyl halides is 3. The van der Waals surface area contributed by atoms with Gasteiger partial charge in [-0.3, -0.25) is 10.1 Å². The minimum Gasteiger partial charge on any atom is -0.492 e. The number of ether oxygens (including phenoxy) is 1. The normalized spacial score (nSPS) is 11.3. The van der Waals surface area contributed by atoms with E-state index in [4.69, 9.17) is 10.5 Å². The second-order valence-electron chi connectivity index (χ2n) is 3.07. The molecule has 0 aromatic heterocycles. The fraction of sp³-hybridized carbons (Fsp3) is 0.333. The maximum absolute atomic E-state index is 12.5. The molecule has 0 radical (unpaired) electrons. The summed E-state index contributed by atoms with van der Waals surface area (Å²) in [6, 6.07) is 2.45. The van der Waals surface area contributed by atoms with Gasteiger partial charge in [0, 0.05) is 12.6 Å². The Morgan fingerprint density at radius 3 is 2.53 bits per heavy atom. The monoisotopic (exact) mass is 250 g/mol. The van der Waals surface area contributed by atoms with E-state index in [1.54, 1.807) is 0 Å². The van der Waals surface area contributed by atoms with Gasteiger partial charge in [-0.25, -0.2) is 0 Å². The van der Waals surface area contributed by atoms with E-state index < -0.39 is 22.4 Å². The molecule has 2 N–H and O–H groups in total. The van der Waals surface area contributed by atoms with Crippen molar-refractivity contribution in [1.29, 1.82) is 0 Å². The lowest BCUT2D eigenvalue weighted by atomic mass is 10.1. The molecule has 94 valence electrons. The molecule has 5 nitrogen and oxygen atoms in total. The molecule has 1 aromatic carbocycles. The zero-order valence-corrected chi connectivity index (χ0v) is 8.53. The molecule has 0 atom stereocenters. The number of nitrogens with zero attached hydrogens (tertiary/aromatic N) is 1. The second kappa shape index (κ2) is 5.00. The van der Waals surface area contributed by atoms with Gasteiger partial charge in [-0.2, -0.15) is 13.2 Å². The molecular formula is C9H9F3N2O3. The number of rotatable bonds is 4. The molecule has 0 amide bonds. The first-order valence-corrected chi connectivity index (χ1v) is 4.54. The van der Waals surface area contributed by atoms with Crippen molar-refractivity contribution in [2.75, 3.05) is 13.2 Å². The topological polar surface area (TPSA) is 78.4 Å². The Balaban J connectivity index is 3.15. The number of hydrogen-bond acceptors (Lipinski definition) is 4. The minimum atomic E-state index is -4.80. The van der Waals surface area contributed by atoms with E-state index in [1.165, 1.54) is 0 Å². The molecule has 0 saturated carbocycles. The summed E-state index contributed by atoms with van der Waals surface area (Å²) in [6.07, 6.45) is -4.80. The van der Waals surface area contributed by atoms with Crippen molar-refractivity contribution in [2.24, 2.45) is 5.73 Å². The van der Waals surface area contributed by atoms with Gasteiger partial charge in [0.2, 0.25) is 0 Å². The van der Waals surface area contributed by atoms with E-state index >= 15 is 0 Å². The van der Waals surface area contributed by atoms with Gasteiger partial charge in [-0.1, -0.05) is 0 Å². The van der Waals surface area contributed by atoms with E-state index in [0.717, 1.165) is 12.1 Å².